The number of alkyl halides is 1. The van der Waals surface area contributed by atoms with Gasteiger partial charge in [0.2, 0.25) is 0 Å². The van der Waals surface area contributed by atoms with Crippen LogP contribution in [0.1, 0.15) is 37.6 Å². The number of carbonyl (C=O) groups is 1. The van der Waals surface area contributed by atoms with E-state index in [9.17, 15) is 4.79 Å². The van der Waals surface area contributed by atoms with Gasteiger partial charge in [-0.1, -0.05) is 36.7 Å². The number of rotatable bonds is 4. The molecular formula is C14H19BrClNO. The molecule has 4 heteroatoms. The molecule has 18 heavy (non-hydrogen) atoms. The van der Waals surface area contributed by atoms with Crippen LogP contribution in [0.5, 0.6) is 0 Å². The van der Waals surface area contributed by atoms with Crippen molar-refractivity contribution >= 4 is 33.4 Å². The average molecular weight is 333 g/mol. The molecule has 0 aliphatic rings. The van der Waals surface area contributed by atoms with Crippen molar-refractivity contribution < 1.29 is 4.79 Å². The molecule has 100 valence electrons. The molecule has 1 unspecified atom stereocenters. The Morgan fingerprint density at radius 3 is 2.39 bits per heavy atom. The van der Waals surface area contributed by atoms with Gasteiger partial charge in [0.1, 0.15) is 0 Å². The Morgan fingerprint density at radius 2 is 1.89 bits per heavy atom. The van der Waals surface area contributed by atoms with Crippen LogP contribution < -0.4 is 5.32 Å². The molecule has 0 fully saturated rings. The zero-order chi connectivity index (χ0) is 13.8. The third kappa shape index (κ3) is 5.87. The fraction of sp³-hybridized carbons (Fsp3) is 0.500. The largest absolute Gasteiger partial charge is 0.351 e. The van der Waals surface area contributed by atoms with Gasteiger partial charge in [-0.05, 0) is 36.1 Å². The maximum Gasteiger partial charge on any atom is 0.251 e. The van der Waals surface area contributed by atoms with E-state index in [2.05, 4.69) is 42.0 Å². The van der Waals surface area contributed by atoms with E-state index >= 15 is 0 Å². The fourth-order valence-electron chi connectivity index (χ4n) is 1.64. The zero-order valence-electron chi connectivity index (χ0n) is 11.0. The van der Waals surface area contributed by atoms with Crippen LogP contribution in [-0.2, 0) is 0 Å². The normalized spacial score (nSPS) is 13.2. The smallest absolute Gasteiger partial charge is 0.251 e. The van der Waals surface area contributed by atoms with Crippen molar-refractivity contribution in [2.75, 3.05) is 6.54 Å². The van der Waals surface area contributed by atoms with Gasteiger partial charge in [-0.25, -0.2) is 0 Å². The van der Waals surface area contributed by atoms with Crippen molar-refractivity contribution in [1.29, 1.82) is 0 Å². The first-order valence-corrected chi connectivity index (χ1v) is 7.19. The van der Waals surface area contributed by atoms with Gasteiger partial charge in [0.25, 0.3) is 5.91 Å². The van der Waals surface area contributed by atoms with Crippen LogP contribution in [0.25, 0.3) is 0 Å². The summed E-state index contributed by atoms with van der Waals surface area (Å²) in [5.41, 5.74) is 0.826. The number of benzene rings is 1. The Hall–Kier alpha value is -0.540. The molecule has 1 amide bonds. The molecule has 0 aromatic heterocycles. The van der Waals surface area contributed by atoms with E-state index < -0.39 is 0 Å². The molecule has 0 radical (unpaired) electrons. The Balaban J connectivity index is 2.44. The van der Waals surface area contributed by atoms with Gasteiger partial charge in [0.15, 0.2) is 0 Å². The van der Waals surface area contributed by atoms with Gasteiger partial charge < -0.3 is 5.32 Å². The maximum atomic E-state index is 11.8. The van der Waals surface area contributed by atoms with Crippen LogP contribution in [-0.4, -0.2) is 17.8 Å². The zero-order valence-corrected chi connectivity index (χ0v) is 13.3. The Bertz CT molecular complexity index is 397. The minimum absolute atomic E-state index is 0.0376. The van der Waals surface area contributed by atoms with Gasteiger partial charge in [-0.3, -0.25) is 4.79 Å². The van der Waals surface area contributed by atoms with E-state index in [0.29, 0.717) is 12.1 Å². The Kier molecular flexibility index (Phi) is 5.67. The van der Waals surface area contributed by atoms with Gasteiger partial charge in [-0.2, -0.15) is 0 Å². The molecule has 0 aliphatic heterocycles. The SMILES string of the molecule is CC(C)(C)CC(Cl)CNC(=O)c1ccc(Br)cc1. The van der Waals surface area contributed by atoms with Crippen LogP contribution in [0.4, 0.5) is 0 Å². The molecule has 1 rings (SSSR count). The average Bonchev–Trinajstić information content (AvgIpc) is 2.24. The van der Waals surface area contributed by atoms with Gasteiger partial charge in [0.05, 0.1) is 5.38 Å². The summed E-state index contributed by atoms with van der Waals surface area (Å²) in [5, 5.41) is 2.82. The summed E-state index contributed by atoms with van der Waals surface area (Å²) < 4.78 is 0.960. The lowest BCUT2D eigenvalue weighted by molar-refractivity contribution is 0.0952. The minimum atomic E-state index is -0.0814. The molecule has 1 aromatic carbocycles. The summed E-state index contributed by atoms with van der Waals surface area (Å²) >= 11 is 9.54. The van der Waals surface area contributed by atoms with Gasteiger partial charge in [-0.15, -0.1) is 11.6 Å². The summed E-state index contributed by atoms with van der Waals surface area (Å²) in [5.74, 6) is -0.0814. The first-order valence-electron chi connectivity index (χ1n) is 5.96. The predicted octanol–water partition coefficient (Wildman–Crippen LogP) is 4.22. The van der Waals surface area contributed by atoms with Crippen LogP contribution in [0.3, 0.4) is 0 Å². The molecular weight excluding hydrogens is 314 g/mol. The number of halogens is 2. The van der Waals surface area contributed by atoms with E-state index in [4.69, 9.17) is 11.6 Å². The molecule has 1 N–H and O–H groups in total. The van der Waals surface area contributed by atoms with E-state index in [-0.39, 0.29) is 16.7 Å². The quantitative estimate of drug-likeness (QED) is 0.822. The summed E-state index contributed by atoms with van der Waals surface area (Å²) in [6.07, 6.45) is 0.870. The van der Waals surface area contributed by atoms with Crippen molar-refractivity contribution in [3.05, 3.63) is 34.3 Å². The number of carbonyl (C=O) groups excluding carboxylic acids is 1. The summed E-state index contributed by atoms with van der Waals surface area (Å²) in [6, 6.07) is 7.27. The molecule has 0 aliphatic carbocycles. The third-order valence-electron chi connectivity index (χ3n) is 2.42. The molecule has 0 spiro atoms. The van der Waals surface area contributed by atoms with Crippen LogP contribution in [0.2, 0.25) is 0 Å². The monoisotopic (exact) mass is 331 g/mol. The summed E-state index contributed by atoms with van der Waals surface area (Å²) in [6.45, 7) is 6.91. The standard InChI is InChI=1S/C14H19BrClNO/c1-14(2,3)8-12(16)9-17-13(18)10-4-6-11(15)7-5-10/h4-7,12H,8-9H2,1-3H3,(H,17,18). The highest BCUT2D eigenvalue weighted by molar-refractivity contribution is 9.10. The minimum Gasteiger partial charge on any atom is -0.351 e. The topological polar surface area (TPSA) is 29.1 Å². The summed E-state index contributed by atoms with van der Waals surface area (Å²) in [7, 11) is 0. The third-order valence-corrected chi connectivity index (χ3v) is 3.26. The molecule has 0 saturated heterocycles. The molecule has 0 bridgehead atoms. The Labute approximate surface area is 122 Å². The lowest BCUT2D eigenvalue weighted by Crippen LogP contribution is -2.31. The van der Waals surface area contributed by atoms with Crippen molar-refractivity contribution in [2.24, 2.45) is 5.41 Å². The predicted molar refractivity (Wildman–Crippen MR) is 80.2 cm³/mol. The lowest BCUT2D eigenvalue weighted by atomic mass is 9.90. The fourth-order valence-corrected chi connectivity index (χ4v) is 2.45. The first kappa shape index (κ1) is 15.5. The van der Waals surface area contributed by atoms with Crippen molar-refractivity contribution in [3.63, 3.8) is 0 Å². The van der Waals surface area contributed by atoms with Crippen molar-refractivity contribution in [3.8, 4) is 0 Å². The lowest BCUT2D eigenvalue weighted by Gasteiger charge is -2.21. The molecule has 0 heterocycles. The second-order valence-electron chi connectivity index (χ2n) is 5.58. The van der Waals surface area contributed by atoms with E-state index in [1.165, 1.54) is 0 Å². The highest BCUT2D eigenvalue weighted by Crippen LogP contribution is 2.23. The van der Waals surface area contributed by atoms with Gasteiger partial charge >= 0.3 is 0 Å². The second kappa shape index (κ2) is 6.58. The second-order valence-corrected chi connectivity index (χ2v) is 7.11. The van der Waals surface area contributed by atoms with Crippen molar-refractivity contribution in [2.45, 2.75) is 32.6 Å². The highest BCUT2D eigenvalue weighted by Gasteiger charge is 2.17. The molecule has 2 nitrogen and oxygen atoms in total. The Morgan fingerprint density at radius 1 is 1.33 bits per heavy atom. The summed E-state index contributed by atoms with van der Waals surface area (Å²) in [4.78, 5) is 11.8. The maximum absolute atomic E-state index is 11.8. The number of hydrogen-bond acceptors (Lipinski definition) is 1. The van der Waals surface area contributed by atoms with Crippen LogP contribution >= 0.6 is 27.5 Å². The highest BCUT2D eigenvalue weighted by atomic mass is 79.9. The molecule has 1 atom stereocenters. The molecule has 0 saturated carbocycles. The van der Waals surface area contributed by atoms with Gasteiger partial charge in [0, 0.05) is 16.6 Å². The van der Waals surface area contributed by atoms with E-state index in [0.717, 1.165) is 10.9 Å². The van der Waals surface area contributed by atoms with E-state index in [1.54, 1.807) is 12.1 Å². The molecule has 1 aromatic rings. The van der Waals surface area contributed by atoms with Crippen molar-refractivity contribution in [1.82, 2.24) is 5.32 Å². The first-order chi connectivity index (χ1) is 8.28. The number of nitrogens with one attached hydrogen (secondary N) is 1. The van der Waals surface area contributed by atoms with Crippen LogP contribution in [0, 0.1) is 5.41 Å². The number of hydrogen-bond donors (Lipinski definition) is 1. The van der Waals surface area contributed by atoms with Crippen LogP contribution in [0.15, 0.2) is 28.7 Å². The van der Waals surface area contributed by atoms with E-state index in [1.807, 2.05) is 12.1 Å². The number of amides is 1.